The summed E-state index contributed by atoms with van der Waals surface area (Å²) in [6, 6.07) is 0. The molecule has 6 heteroatoms. The predicted molar refractivity (Wildman–Crippen MR) is 87.2 cm³/mol. The fourth-order valence-electron chi connectivity index (χ4n) is 4.50. The van der Waals surface area contributed by atoms with Gasteiger partial charge in [0.1, 0.15) is 5.00 Å². The minimum absolute atomic E-state index is 0.162. The van der Waals surface area contributed by atoms with Crippen LogP contribution in [0.4, 0.5) is 5.00 Å². The van der Waals surface area contributed by atoms with E-state index in [-0.39, 0.29) is 35.5 Å². The Kier molecular flexibility index (Phi) is 3.04. The zero-order chi connectivity index (χ0) is 16.5. The maximum atomic E-state index is 12.9. The summed E-state index contributed by atoms with van der Waals surface area (Å²) in [5.74, 6) is -1.09. The third kappa shape index (κ3) is 1.75. The van der Waals surface area contributed by atoms with Crippen LogP contribution in [0.15, 0.2) is 12.2 Å². The van der Waals surface area contributed by atoms with Crippen LogP contribution >= 0.6 is 11.3 Å². The lowest BCUT2D eigenvalue weighted by Crippen LogP contribution is -2.34. The van der Waals surface area contributed by atoms with Crippen molar-refractivity contribution < 1.29 is 14.4 Å². The van der Waals surface area contributed by atoms with Crippen molar-refractivity contribution in [1.82, 2.24) is 0 Å². The van der Waals surface area contributed by atoms with Crippen LogP contribution in [0.1, 0.15) is 34.1 Å². The lowest BCUT2D eigenvalue weighted by atomic mass is 9.85. The number of allylic oxidation sites excluding steroid dienone is 2. The van der Waals surface area contributed by atoms with Crippen molar-refractivity contribution in [3.63, 3.8) is 0 Å². The Morgan fingerprint density at radius 3 is 2.30 bits per heavy atom. The fraction of sp³-hybridized carbons (Fsp3) is 0.471. The molecular weight excluding hydrogens is 312 g/mol. The van der Waals surface area contributed by atoms with Crippen molar-refractivity contribution in [2.45, 2.75) is 26.7 Å². The van der Waals surface area contributed by atoms with Gasteiger partial charge in [-0.2, -0.15) is 0 Å². The number of anilines is 1. The maximum absolute atomic E-state index is 12.9. The molecule has 0 spiro atoms. The number of hydrogen-bond donors (Lipinski definition) is 1. The minimum atomic E-state index is -0.569. The second-order valence-corrected chi connectivity index (χ2v) is 7.75. The van der Waals surface area contributed by atoms with Gasteiger partial charge in [0.05, 0.1) is 17.4 Å². The topological polar surface area (TPSA) is 80.5 Å². The number of thiophene rings is 1. The molecule has 1 saturated heterocycles. The highest BCUT2D eigenvalue weighted by molar-refractivity contribution is 7.17. The minimum Gasteiger partial charge on any atom is -0.365 e. The van der Waals surface area contributed by atoms with Crippen molar-refractivity contribution in [2.24, 2.45) is 29.4 Å². The first-order valence-electron chi connectivity index (χ1n) is 7.93. The summed E-state index contributed by atoms with van der Waals surface area (Å²) in [6.07, 6.45) is 5.67. The van der Waals surface area contributed by atoms with Gasteiger partial charge in [-0.1, -0.05) is 19.1 Å². The van der Waals surface area contributed by atoms with Crippen LogP contribution in [-0.4, -0.2) is 17.7 Å². The average molecular weight is 330 g/mol. The first-order chi connectivity index (χ1) is 11.0. The van der Waals surface area contributed by atoms with E-state index in [1.54, 1.807) is 0 Å². The molecule has 2 N–H and O–H groups in total. The number of aryl methyl sites for hydroxylation is 1. The standard InChI is InChI=1S/C17H18N2O3S/c1-3-10-7(2)23-17(13(10)14(18)20)19-15(21)11-8-4-5-9(6-8)12(11)16(19)22/h4-5,8-9,11-12H,3,6H2,1-2H3,(H2,18,20)/t8-,9+,11-,12-/m0/s1. The molecule has 5 nitrogen and oxygen atoms in total. The van der Waals surface area contributed by atoms with E-state index in [0.29, 0.717) is 17.0 Å². The molecule has 4 atom stereocenters. The van der Waals surface area contributed by atoms with Gasteiger partial charge in [0.25, 0.3) is 5.91 Å². The van der Waals surface area contributed by atoms with Gasteiger partial charge in [0.2, 0.25) is 11.8 Å². The third-order valence-electron chi connectivity index (χ3n) is 5.46. The Labute approximate surface area is 138 Å². The second kappa shape index (κ2) is 4.77. The SMILES string of the molecule is CCc1c(C)sc(N2C(=O)[C@@H]3[C@@H](C2=O)[C@H]2C=C[C@@H]3C2)c1C(N)=O. The number of nitrogens with two attached hydrogens (primary N) is 1. The number of hydrogen-bond acceptors (Lipinski definition) is 4. The molecule has 2 aliphatic carbocycles. The maximum Gasteiger partial charge on any atom is 0.252 e. The Hall–Kier alpha value is -1.95. The van der Waals surface area contributed by atoms with Gasteiger partial charge in [-0.15, -0.1) is 11.3 Å². The Balaban J connectivity index is 1.82. The predicted octanol–water partition coefficient (Wildman–Crippen LogP) is 2.03. The number of rotatable bonds is 3. The summed E-state index contributed by atoms with van der Waals surface area (Å²) in [7, 11) is 0. The average Bonchev–Trinajstić information content (AvgIpc) is 3.22. The van der Waals surface area contributed by atoms with Crippen molar-refractivity contribution in [1.29, 1.82) is 0 Å². The van der Waals surface area contributed by atoms with Crippen LogP contribution in [0.25, 0.3) is 0 Å². The highest BCUT2D eigenvalue weighted by Crippen LogP contribution is 2.54. The van der Waals surface area contributed by atoms with Crippen LogP contribution in [-0.2, 0) is 16.0 Å². The Bertz CT molecular complexity index is 749. The van der Waals surface area contributed by atoms with Crippen molar-refractivity contribution in [3.8, 4) is 0 Å². The van der Waals surface area contributed by atoms with Gasteiger partial charge >= 0.3 is 0 Å². The summed E-state index contributed by atoms with van der Waals surface area (Å²) < 4.78 is 0. The zero-order valence-electron chi connectivity index (χ0n) is 13.0. The van der Waals surface area contributed by atoms with Gasteiger partial charge in [0, 0.05) is 4.88 Å². The van der Waals surface area contributed by atoms with E-state index in [4.69, 9.17) is 5.73 Å². The van der Waals surface area contributed by atoms with Crippen LogP contribution in [0.3, 0.4) is 0 Å². The van der Waals surface area contributed by atoms with Crippen molar-refractivity contribution >= 4 is 34.1 Å². The van der Waals surface area contributed by atoms with Crippen LogP contribution < -0.4 is 10.6 Å². The molecule has 0 radical (unpaired) electrons. The number of carbonyl (C=O) groups excluding carboxylic acids is 3. The summed E-state index contributed by atoms with van der Waals surface area (Å²) in [6.45, 7) is 3.84. The molecule has 2 fully saturated rings. The normalized spacial score (nSPS) is 31.3. The number of fused-ring (bicyclic) bond motifs is 5. The van der Waals surface area contributed by atoms with E-state index < -0.39 is 5.91 Å². The van der Waals surface area contributed by atoms with E-state index in [1.165, 1.54) is 16.2 Å². The lowest BCUT2D eigenvalue weighted by molar-refractivity contribution is -0.123. The van der Waals surface area contributed by atoms with Gasteiger partial charge in [0.15, 0.2) is 0 Å². The molecule has 2 heterocycles. The summed E-state index contributed by atoms with van der Waals surface area (Å²) in [5, 5.41) is 0.427. The summed E-state index contributed by atoms with van der Waals surface area (Å²) >= 11 is 1.32. The lowest BCUT2D eigenvalue weighted by Gasteiger charge is -2.16. The Morgan fingerprint density at radius 1 is 1.26 bits per heavy atom. The number of imide groups is 1. The van der Waals surface area contributed by atoms with Gasteiger partial charge in [-0.3, -0.25) is 14.4 Å². The molecule has 23 heavy (non-hydrogen) atoms. The first-order valence-corrected chi connectivity index (χ1v) is 8.75. The highest BCUT2D eigenvalue weighted by atomic mass is 32.1. The monoisotopic (exact) mass is 330 g/mol. The molecule has 1 aliphatic heterocycles. The molecule has 1 aromatic rings. The van der Waals surface area contributed by atoms with Crippen LogP contribution in [0.5, 0.6) is 0 Å². The molecular formula is C17H18N2O3S. The molecule has 3 amide bonds. The third-order valence-corrected chi connectivity index (χ3v) is 6.60. The summed E-state index contributed by atoms with van der Waals surface area (Å²) in [5.41, 5.74) is 6.74. The smallest absolute Gasteiger partial charge is 0.252 e. The van der Waals surface area contributed by atoms with Crippen LogP contribution in [0, 0.1) is 30.6 Å². The van der Waals surface area contributed by atoms with Gasteiger partial charge < -0.3 is 5.73 Å². The van der Waals surface area contributed by atoms with E-state index in [0.717, 1.165) is 16.9 Å². The molecule has 3 aliphatic rings. The summed E-state index contributed by atoms with van der Waals surface area (Å²) in [4.78, 5) is 39.9. The fourth-order valence-corrected chi connectivity index (χ4v) is 5.76. The van der Waals surface area contributed by atoms with Crippen molar-refractivity contribution in [3.05, 3.63) is 28.2 Å². The molecule has 0 aromatic carbocycles. The molecule has 1 saturated carbocycles. The Morgan fingerprint density at radius 2 is 1.83 bits per heavy atom. The van der Waals surface area contributed by atoms with Crippen molar-refractivity contribution in [2.75, 3.05) is 4.90 Å². The zero-order valence-corrected chi connectivity index (χ0v) is 13.9. The molecule has 1 aromatic heterocycles. The largest absolute Gasteiger partial charge is 0.365 e. The first kappa shape index (κ1) is 14.6. The molecule has 2 bridgehead atoms. The molecule has 0 unspecified atom stereocenters. The number of nitrogens with zero attached hydrogens (tertiary/aromatic N) is 1. The number of carbonyl (C=O) groups is 3. The van der Waals surface area contributed by atoms with E-state index in [2.05, 4.69) is 12.2 Å². The van der Waals surface area contributed by atoms with Crippen LogP contribution in [0.2, 0.25) is 0 Å². The molecule has 4 rings (SSSR count). The van der Waals surface area contributed by atoms with E-state index in [9.17, 15) is 14.4 Å². The highest BCUT2D eigenvalue weighted by Gasteiger charge is 2.60. The number of primary amides is 1. The second-order valence-electron chi connectivity index (χ2n) is 6.55. The quantitative estimate of drug-likeness (QED) is 0.680. The molecule has 120 valence electrons. The van der Waals surface area contributed by atoms with E-state index >= 15 is 0 Å². The van der Waals surface area contributed by atoms with E-state index in [1.807, 2.05) is 13.8 Å². The van der Waals surface area contributed by atoms with Gasteiger partial charge in [-0.05, 0) is 37.2 Å². The number of amides is 3. The van der Waals surface area contributed by atoms with Gasteiger partial charge in [-0.25, -0.2) is 4.90 Å².